The van der Waals surface area contributed by atoms with Gasteiger partial charge in [-0.3, -0.25) is 0 Å². The molecule has 0 unspecified atom stereocenters. The molecule has 94 valence electrons. The van der Waals surface area contributed by atoms with E-state index in [1.807, 2.05) is 6.07 Å². The Morgan fingerprint density at radius 3 is 2.76 bits per heavy atom. The van der Waals surface area contributed by atoms with Crippen molar-refractivity contribution >= 4 is 0 Å². The average molecular weight is 236 g/mol. The third-order valence-electron chi connectivity index (χ3n) is 4.27. The van der Waals surface area contributed by atoms with Crippen LogP contribution in [-0.4, -0.2) is 11.7 Å². The van der Waals surface area contributed by atoms with Crippen LogP contribution in [0, 0.1) is 17.2 Å². The number of hydrogen-bond donors (Lipinski definition) is 1. The van der Waals surface area contributed by atoms with Crippen LogP contribution in [0.15, 0.2) is 24.3 Å². The molecule has 2 rings (SSSR count). The van der Waals surface area contributed by atoms with Crippen molar-refractivity contribution in [2.75, 3.05) is 6.61 Å². The summed E-state index contributed by atoms with van der Waals surface area (Å²) >= 11 is 0. The number of rotatable bonds is 3. The molecule has 17 heavy (non-hydrogen) atoms. The van der Waals surface area contributed by atoms with E-state index in [0.29, 0.717) is 11.8 Å². The molecule has 0 spiro atoms. The van der Waals surface area contributed by atoms with Gasteiger partial charge in [0.05, 0.1) is 0 Å². The van der Waals surface area contributed by atoms with E-state index in [1.165, 1.54) is 6.07 Å². The summed E-state index contributed by atoms with van der Waals surface area (Å²) in [5, 5.41) is 9.40. The maximum Gasteiger partial charge on any atom is 0.123 e. The zero-order valence-corrected chi connectivity index (χ0v) is 10.6. The van der Waals surface area contributed by atoms with Crippen LogP contribution in [0.25, 0.3) is 0 Å². The first-order valence-corrected chi connectivity index (χ1v) is 6.39. The molecule has 0 bridgehead atoms. The molecule has 1 fully saturated rings. The molecule has 1 aliphatic rings. The summed E-state index contributed by atoms with van der Waals surface area (Å²) in [7, 11) is 0. The number of aliphatic hydroxyl groups excluding tert-OH is 1. The molecular weight excluding hydrogens is 215 g/mol. The van der Waals surface area contributed by atoms with Crippen molar-refractivity contribution in [1.29, 1.82) is 0 Å². The SMILES string of the molecule is CC(C)(CO)[C@H]1CC[C@@H](c2cccc(F)c2)C1. The minimum Gasteiger partial charge on any atom is -0.396 e. The van der Waals surface area contributed by atoms with E-state index in [1.54, 1.807) is 12.1 Å². The van der Waals surface area contributed by atoms with Crippen molar-refractivity contribution in [3.8, 4) is 0 Å². The third kappa shape index (κ3) is 2.68. The van der Waals surface area contributed by atoms with Crippen LogP contribution >= 0.6 is 0 Å². The summed E-state index contributed by atoms with van der Waals surface area (Å²) in [5.74, 6) is 0.856. The zero-order chi connectivity index (χ0) is 12.5. The van der Waals surface area contributed by atoms with Crippen molar-refractivity contribution in [1.82, 2.24) is 0 Å². The van der Waals surface area contributed by atoms with Gasteiger partial charge in [-0.05, 0) is 54.2 Å². The van der Waals surface area contributed by atoms with E-state index < -0.39 is 0 Å². The molecule has 1 nitrogen and oxygen atoms in total. The first-order valence-electron chi connectivity index (χ1n) is 6.39. The molecule has 0 heterocycles. The third-order valence-corrected chi connectivity index (χ3v) is 4.27. The van der Waals surface area contributed by atoms with E-state index in [0.717, 1.165) is 24.8 Å². The van der Waals surface area contributed by atoms with E-state index in [9.17, 15) is 9.50 Å². The minimum atomic E-state index is -0.146. The van der Waals surface area contributed by atoms with E-state index >= 15 is 0 Å². The maximum atomic E-state index is 13.2. The second kappa shape index (κ2) is 4.77. The first kappa shape index (κ1) is 12.6. The molecule has 2 atom stereocenters. The van der Waals surface area contributed by atoms with Gasteiger partial charge in [-0.25, -0.2) is 4.39 Å². The molecule has 0 radical (unpaired) electrons. The molecule has 1 saturated carbocycles. The first-order chi connectivity index (χ1) is 8.03. The quantitative estimate of drug-likeness (QED) is 0.848. The predicted octanol–water partition coefficient (Wildman–Crippen LogP) is 3.73. The highest BCUT2D eigenvalue weighted by Gasteiger charge is 2.36. The molecule has 0 aliphatic heterocycles. The molecule has 2 heteroatoms. The highest BCUT2D eigenvalue weighted by molar-refractivity contribution is 5.22. The second-order valence-electron chi connectivity index (χ2n) is 5.91. The predicted molar refractivity (Wildman–Crippen MR) is 67.3 cm³/mol. The van der Waals surface area contributed by atoms with Crippen LogP contribution in [0.3, 0.4) is 0 Å². The maximum absolute atomic E-state index is 13.2. The van der Waals surface area contributed by atoms with Crippen LogP contribution in [0.5, 0.6) is 0 Å². The molecular formula is C15H21FO. The largest absolute Gasteiger partial charge is 0.396 e. The van der Waals surface area contributed by atoms with Gasteiger partial charge >= 0.3 is 0 Å². The number of aliphatic hydroxyl groups is 1. The van der Waals surface area contributed by atoms with Gasteiger partial charge in [0.2, 0.25) is 0 Å². The standard InChI is InChI=1S/C15H21FO/c1-15(2,10-17)13-7-6-12(8-13)11-4-3-5-14(16)9-11/h3-5,9,12-13,17H,6-8,10H2,1-2H3/t12-,13+/m1/s1. The molecule has 0 saturated heterocycles. The number of hydrogen-bond acceptors (Lipinski definition) is 1. The molecule has 1 aromatic carbocycles. The lowest BCUT2D eigenvalue weighted by Crippen LogP contribution is -2.26. The monoisotopic (exact) mass is 236 g/mol. The minimum absolute atomic E-state index is 0.0118. The van der Waals surface area contributed by atoms with Crippen LogP contribution in [0.4, 0.5) is 4.39 Å². The Morgan fingerprint density at radius 2 is 2.12 bits per heavy atom. The molecule has 0 aromatic heterocycles. The number of benzene rings is 1. The fourth-order valence-electron chi connectivity index (χ4n) is 2.88. The van der Waals surface area contributed by atoms with E-state index in [-0.39, 0.29) is 17.8 Å². The van der Waals surface area contributed by atoms with Crippen LogP contribution < -0.4 is 0 Å². The normalized spacial score (nSPS) is 25.2. The average Bonchev–Trinajstić information content (AvgIpc) is 2.79. The van der Waals surface area contributed by atoms with Gasteiger partial charge in [0.25, 0.3) is 0 Å². The lowest BCUT2D eigenvalue weighted by molar-refractivity contribution is 0.0981. The Balaban J connectivity index is 2.08. The zero-order valence-electron chi connectivity index (χ0n) is 10.6. The van der Waals surface area contributed by atoms with Gasteiger partial charge in [-0.2, -0.15) is 0 Å². The van der Waals surface area contributed by atoms with Gasteiger partial charge in [0.1, 0.15) is 5.82 Å². The second-order valence-corrected chi connectivity index (χ2v) is 5.91. The van der Waals surface area contributed by atoms with Crippen molar-refractivity contribution in [3.05, 3.63) is 35.6 Å². The van der Waals surface area contributed by atoms with Crippen LogP contribution in [0.1, 0.15) is 44.6 Å². The van der Waals surface area contributed by atoms with E-state index in [4.69, 9.17) is 0 Å². The summed E-state index contributed by atoms with van der Waals surface area (Å²) in [5.41, 5.74) is 1.10. The summed E-state index contributed by atoms with van der Waals surface area (Å²) in [6, 6.07) is 6.95. The lowest BCUT2D eigenvalue weighted by atomic mass is 9.78. The fourth-order valence-corrected chi connectivity index (χ4v) is 2.88. The Hall–Kier alpha value is -0.890. The topological polar surface area (TPSA) is 20.2 Å². The highest BCUT2D eigenvalue weighted by Crippen LogP contribution is 2.46. The molecule has 1 aromatic rings. The van der Waals surface area contributed by atoms with Gasteiger partial charge in [-0.15, -0.1) is 0 Å². The summed E-state index contributed by atoms with van der Waals surface area (Å²) in [4.78, 5) is 0. The van der Waals surface area contributed by atoms with Gasteiger partial charge in [-0.1, -0.05) is 26.0 Å². The lowest BCUT2D eigenvalue weighted by Gasteiger charge is -2.29. The smallest absolute Gasteiger partial charge is 0.123 e. The van der Waals surface area contributed by atoms with Gasteiger partial charge in [0, 0.05) is 6.61 Å². The summed E-state index contributed by atoms with van der Waals surface area (Å²) < 4.78 is 13.2. The fraction of sp³-hybridized carbons (Fsp3) is 0.600. The van der Waals surface area contributed by atoms with Crippen molar-refractivity contribution in [3.63, 3.8) is 0 Å². The summed E-state index contributed by atoms with van der Waals surface area (Å²) in [6.45, 7) is 4.46. The molecule has 0 amide bonds. The Bertz CT molecular complexity index is 386. The highest BCUT2D eigenvalue weighted by atomic mass is 19.1. The van der Waals surface area contributed by atoms with Crippen molar-refractivity contribution in [2.45, 2.75) is 39.0 Å². The molecule has 1 N–H and O–H groups in total. The Kier molecular flexibility index (Phi) is 3.53. The van der Waals surface area contributed by atoms with Crippen LogP contribution in [0.2, 0.25) is 0 Å². The van der Waals surface area contributed by atoms with Crippen molar-refractivity contribution < 1.29 is 9.50 Å². The van der Waals surface area contributed by atoms with Gasteiger partial charge in [0.15, 0.2) is 0 Å². The molecule has 1 aliphatic carbocycles. The van der Waals surface area contributed by atoms with Crippen LogP contribution in [-0.2, 0) is 0 Å². The number of halogens is 1. The van der Waals surface area contributed by atoms with Gasteiger partial charge < -0.3 is 5.11 Å². The van der Waals surface area contributed by atoms with Crippen molar-refractivity contribution in [2.24, 2.45) is 11.3 Å². The summed E-state index contributed by atoms with van der Waals surface area (Å²) in [6.07, 6.45) is 3.31. The van der Waals surface area contributed by atoms with E-state index in [2.05, 4.69) is 13.8 Å². The Morgan fingerprint density at radius 1 is 1.35 bits per heavy atom. The Labute approximate surface area is 103 Å².